The number of carbonyl (C=O) groups excluding carboxylic acids is 1. The Morgan fingerprint density at radius 2 is 1.88 bits per heavy atom. The van der Waals surface area contributed by atoms with Gasteiger partial charge in [0.1, 0.15) is 17.7 Å². The van der Waals surface area contributed by atoms with Crippen LogP contribution in [0.5, 0.6) is 0 Å². The summed E-state index contributed by atoms with van der Waals surface area (Å²) in [4.78, 5) is 53.2. The molecule has 170 valence electrons. The highest BCUT2D eigenvalue weighted by molar-refractivity contribution is 5.88. The predicted molar refractivity (Wildman–Crippen MR) is 124 cm³/mol. The highest BCUT2D eigenvalue weighted by atomic mass is 16.2. The van der Waals surface area contributed by atoms with Gasteiger partial charge in [-0.3, -0.25) is 18.7 Å². The molecule has 0 radical (unpaired) electrons. The van der Waals surface area contributed by atoms with Crippen LogP contribution in [-0.2, 0) is 30.7 Å². The number of benzene rings is 1. The number of carbonyl (C=O) groups is 1. The van der Waals surface area contributed by atoms with E-state index in [4.69, 9.17) is 0 Å². The summed E-state index contributed by atoms with van der Waals surface area (Å²) in [6.45, 7) is 4.03. The van der Waals surface area contributed by atoms with Gasteiger partial charge in [0.2, 0.25) is 5.91 Å². The minimum absolute atomic E-state index is 0.149. The van der Waals surface area contributed by atoms with E-state index in [-0.39, 0.29) is 17.2 Å². The number of anilines is 1. The summed E-state index contributed by atoms with van der Waals surface area (Å²) in [7, 11) is 0. The van der Waals surface area contributed by atoms with Gasteiger partial charge in [-0.25, -0.2) is 19.7 Å². The molecule has 4 aromatic rings. The molecule has 10 heteroatoms. The third-order valence-electron chi connectivity index (χ3n) is 5.21. The largest absolute Gasteiger partial charge is 0.336 e. The third-order valence-corrected chi connectivity index (χ3v) is 5.21. The average molecular weight is 447 g/mol. The summed E-state index contributed by atoms with van der Waals surface area (Å²) in [6.07, 6.45) is 6.42. The van der Waals surface area contributed by atoms with E-state index in [1.54, 1.807) is 17.0 Å². The van der Waals surface area contributed by atoms with Gasteiger partial charge in [0.25, 0.3) is 5.56 Å². The first-order valence-electron chi connectivity index (χ1n) is 10.8. The van der Waals surface area contributed by atoms with E-state index in [1.807, 2.05) is 31.2 Å². The molecule has 0 fully saturated rings. The zero-order valence-corrected chi connectivity index (χ0v) is 18.5. The van der Waals surface area contributed by atoms with Crippen LogP contribution < -0.4 is 16.6 Å². The van der Waals surface area contributed by atoms with Crippen LogP contribution in [0, 0.1) is 0 Å². The number of fused-ring (bicyclic) bond motifs is 1. The maximum Gasteiger partial charge on any atom is 0.332 e. The van der Waals surface area contributed by atoms with Gasteiger partial charge in [0.15, 0.2) is 5.65 Å². The molecule has 4 rings (SSSR count). The van der Waals surface area contributed by atoms with Crippen LogP contribution in [0.3, 0.4) is 0 Å². The first-order chi connectivity index (χ1) is 16.0. The van der Waals surface area contributed by atoms with Gasteiger partial charge in [-0.2, -0.15) is 0 Å². The Kier molecular flexibility index (Phi) is 6.43. The second-order valence-corrected chi connectivity index (χ2v) is 7.83. The molecule has 0 aliphatic carbocycles. The molecule has 0 spiro atoms. The number of rotatable bonds is 8. The highest BCUT2D eigenvalue weighted by Gasteiger charge is 2.17. The lowest BCUT2D eigenvalue weighted by Gasteiger charge is -2.11. The zero-order valence-electron chi connectivity index (χ0n) is 18.5. The summed E-state index contributed by atoms with van der Waals surface area (Å²) in [5, 5.41) is 2.76. The molecule has 0 saturated carbocycles. The number of H-pyrrole nitrogens is 1. The van der Waals surface area contributed by atoms with Gasteiger partial charge in [0.05, 0.1) is 0 Å². The quantitative estimate of drug-likeness (QED) is 0.425. The Hall–Kier alpha value is -4.08. The molecular weight excluding hydrogens is 422 g/mol. The molecule has 1 amide bonds. The third kappa shape index (κ3) is 4.89. The van der Waals surface area contributed by atoms with E-state index < -0.39 is 0 Å². The van der Waals surface area contributed by atoms with Gasteiger partial charge >= 0.3 is 5.69 Å². The smallest absolute Gasteiger partial charge is 0.332 e. The SMILES string of the molecule is CCCn1c(=O)c2[nH]c(Cc3cncnc3)nc2n(CCc2cccc(NC(C)=O)c2)c1=O. The first kappa shape index (κ1) is 22.1. The summed E-state index contributed by atoms with van der Waals surface area (Å²) in [5.74, 6) is 0.413. The fourth-order valence-electron chi connectivity index (χ4n) is 3.78. The van der Waals surface area contributed by atoms with E-state index in [9.17, 15) is 14.4 Å². The second-order valence-electron chi connectivity index (χ2n) is 7.83. The van der Waals surface area contributed by atoms with E-state index in [2.05, 4.69) is 25.3 Å². The number of nitrogens with one attached hydrogen (secondary N) is 2. The molecule has 2 N–H and O–H groups in total. The van der Waals surface area contributed by atoms with Crippen molar-refractivity contribution in [3.63, 3.8) is 0 Å². The maximum atomic E-state index is 13.2. The first-order valence-corrected chi connectivity index (χ1v) is 10.8. The van der Waals surface area contributed by atoms with Gasteiger partial charge in [-0.1, -0.05) is 19.1 Å². The number of amides is 1. The number of hydrogen-bond acceptors (Lipinski definition) is 6. The van der Waals surface area contributed by atoms with Crippen molar-refractivity contribution in [3.8, 4) is 0 Å². The minimum Gasteiger partial charge on any atom is -0.336 e. The summed E-state index contributed by atoms with van der Waals surface area (Å²) in [5.41, 5.74) is 2.38. The number of aryl methyl sites for hydroxylation is 2. The van der Waals surface area contributed by atoms with Crippen molar-refractivity contribution in [2.24, 2.45) is 0 Å². The Morgan fingerprint density at radius 1 is 1.09 bits per heavy atom. The van der Waals surface area contributed by atoms with E-state index in [0.717, 1.165) is 11.1 Å². The Morgan fingerprint density at radius 3 is 2.61 bits per heavy atom. The van der Waals surface area contributed by atoms with Crippen LogP contribution >= 0.6 is 0 Å². The van der Waals surface area contributed by atoms with Gasteiger partial charge in [0, 0.05) is 44.5 Å². The monoisotopic (exact) mass is 447 g/mol. The molecule has 33 heavy (non-hydrogen) atoms. The molecule has 3 aromatic heterocycles. The van der Waals surface area contributed by atoms with Crippen molar-refractivity contribution in [1.82, 2.24) is 29.1 Å². The highest BCUT2D eigenvalue weighted by Crippen LogP contribution is 2.14. The van der Waals surface area contributed by atoms with Crippen LogP contribution in [0.4, 0.5) is 5.69 Å². The Bertz CT molecular complexity index is 1400. The van der Waals surface area contributed by atoms with Crippen LogP contribution in [-0.4, -0.2) is 35.0 Å². The molecule has 0 aliphatic rings. The zero-order chi connectivity index (χ0) is 23.4. The van der Waals surface area contributed by atoms with Gasteiger partial charge < -0.3 is 10.3 Å². The molecular formula is C23H25N7O3. The van der Waals surface area contributed by atoms with E-state index in [1.165, 1.54) is 17.8 Å². The van der Waals surface area contributed by atoms with Crippen LogP contribution in [0.2, 0.25) is 0 Å². The Labute approximate surface area is 189 Å². The van der Waals surface area contributed by atoms with E-state index >= 15 is 0 Å². The Balaban J connectivity index is 1.72. The molecule has 0 atom stereocenters. The second kappa shape index (κ2) is 9.60. The topological polar surface area (TPSA) is 128 Å². The van der Waals surface area contributed by atoms with Crippen LogP contribution in [0.25, 0.3) is 11.2 Å². The predicted octanol–water partition coefficient (Wildman–Crippen LogP) is 1.88. The minimum atomic E-state index is -0.381. The standard InChI is InChI=1S/C23H25N7O3/c1-3-8-30-22(32)20-21(28-19(27-20)11-17-12-24-14-25-13-17)29(23(30)33)9-7-16-5-4-6-18(10-16)26-15(2)31/h4-6,10,12-14H,3,7-9,11H2,1-2H3,(H,26,31)(H,27,28). The van der Waals surface area contributed by atoms with Crippen molar-refractivity contribution in [2.45, 2.75) is 46.2 Å². The van der Waals surface area contributed by atoms with E-state index in [0.29, 0.717) is 55.0 Å². The average Bonchev–Trinajstić information content (AvgIpc) is 3.21. The van der Waals surface area contributed by atoms with Crippen LogP contribution in [0.15, 0.2) is 52.6 Å². The molecule has 3 heterocycles. The molecule has 0 saturated heterocycles. The summed E-state index contributed by atoms with van der Waals surface area (Å²) >= 11 is 0. The molecule has 10 nitrogen and oxygen atoms in total. The van der Waals surface area contributed by atoms with Crippen molar-refractivity contribution in [1.29, 1.82) is 0 Å². The molecule has 1 aromatic carbocycles. The fourth-order valence-corrected chi connectivity index (χ4v) is 3.78. The van der Waals surface area contributed by atoms with Crippen molar-refractivity contribution in [3.05, 3.63) is 80.8 Å². The lowest BCUT2D eigenvalue weighted by Crippen LogP contribution is -2.40. The van der Waals surface area contributed by atoms with Gasteiger partial charge in [-0.15, -0.1) is 0 Å². The number of imidazole rings is 1. The number of aromatic nitrogens is 6. The number of aromatic amines is 1. The van der Waals surface area contributed by atoms with Crippen molar-refractivity contribution < 1.29 is 4.79 Å². The van der Waals surface area contributed by atoms with Crippen molar-refractivity contribution in [2.75, 3.05) is 5.32 Å². The summed E-state index contributed by atoms with van der Waals surface area (Å²) < 4.78 is 2.79. The summed E-state index contributed by atoms with van der Waals surface area (Å²) in [6, 6.07) is 7.47. The molecule has 0 bridgehead atoms. The lowest BCUT2D eigenvalue weighted by atomic mass is 10.1. The molecule has 0 aliphatic heterocycles. The molecule has 0 unspecified atom stereocenters. The lowest BCUT2D eigenvalue weighted by molar-refractivity contribution is -0.114. The number of hydrogen-bond donors (Lipinski definition) is 2. The van der Waals surface area contributed by atoms with Gasteiger partial charge in [-0.05, 0) is 36.1 Å². The number of nitrogens with zero attached hydrogens (tertiary/aromatic N) is 5. The fraction of sp³-hybridized carbons (Fsp3) is 0.304. The maximum absolute atomic E-state index is 13.2. The normalized spacial score (nSPS) is 11.1. The van der Waals surface area contributed by atoms with Crippen LogP contribution in [0.1, 0.15) is 37.2 Å². The van der Waals surface area contributed by atoms with Crippen molar-refractivity contribution >= 4 is 22.8 Å².